The molecule has 84 valence electrons. The SMILES string of the molecule is C[C@]12CC[C@@H](CC(=O)O)[C@@]1(C)CC(=O)O2. The van der Waals surface area contributed by atoms with Crippen LogP contribution in [-0.2, 0) is 14.3 Å². The van der Waals surface area contributed by atoms with Gasteiger partial charge in [-0.1, -0.05) is 6.92 Å². The Morgan fingerprint density at radius 1 is 1.60 bits per heavy atom. The summed E-state index contributed by atoms with van der Waals surface area (Å²) in [6.45, 7) is 3.91. The van der Waals surface area contributed by atoms with E-state index in [1.807, 2.05) is 13.8 Å². The summed E-state index contributed by atoms with van der Waals surface area (Å²) >= 11 is 0. The molecule has 3 atom stereocenters. The van der Waals surface area contributed by atoms with Crippen LogP contribution in [0.2, 0.25) is 0 Å². The monoisotopic (exact) mass is 212 g/mol. The van der Waals surface area contributed by atoms with Gasteiger partial charge in [-0.3, -0.25) is 9.59 Å². The Morgan fingerprint density at radius 3 is 2.87 bits per heavy atom. The van der Waals surface area contributed by atoms with Gasteiger partial charge < -0.3 is 9.84 Å². The van der Waals surface area contributed by atoms with Gasteiger partial charge in [0, 0.05) is 11.8 Å². The van der Waals surface area contributed by atoms with E-state index in [4.69, 9.17) is 9.84 Å². The molecule has 2 rings (SSSR count). The number of carbonyl (C=O) groups is 2. The van der Waals surface area contributed by atoms with Crippen molar-refractivity contribution in [1.29, 1.82) is 0 Å². The minimum Gasteiger partial charge on any atom is -0.481 e. The summed E-state index contributed by atoms with van der Waals surface area (Å²) in [5.41, 5.74) is -0.729. The zero-order chi connectivity index (χ0) is 11.3. The van der Waals surface area contributed by atoms with Gasteiger partial charge in [0.1, 0.15) is 5.60 Å². The molecule has 1 N–H and O–H groups in total. The Labute approximate surface area is 88.6 Å². The molecule has 0 aromatic heterocycles. The summed E-state index contributed by atoms with van der Waals surface area (Å²) in [7, 11) is 0. The third-order valence-corrected chi connectivity index (χ3v) is 4.35. The number of hydrogen-bond donors (Lipinski definition) is 1. The first-order valence-electron chi connectivity index (χ1n) is 5.31. The molecule has 4 heteroatoms. The van der Waals surface area contributed by atoms with Crippen LogP contribution in [0.4, 0.5) is 0 Å². The van der Waals surface area contributed by atoms with E-state index in [1.165, 1.54) is 0 Å². The highest BCUT2D eigenvalue weighted by atomic mass is 16.6. The standard InChI is InChI=1S/C11H16O4/c1-10-6-9(14)15-11(10,2)4-3-7(10)5-8(12)13/h7H,3-6H2,1-2H3,(H,12,13)/t7-,10+,11-/m0/s1. The highest BCUT2D eigenvalue weighted by Crippen LogP contribution is 2.59. The lowest BCUT2D eigenvalue weighted by Crippen LogP contribution is -2.39. The maximum Gasteiger partial charge on any atom is 0.307 e. The van der Waals surface area contributed by atoms with Crippen LogP contribution in [0, 0.1) is 11.3 Å². The summed E-state index contributed by atoms with van der Waals surface area (Å²) < 4.78 is 5.36. The van der Waals surface area contributed by atoms with Gasteiger partial charge >= 0.3 is 11.9 Å². The molecular weight excluding hydrogens is 196 g/mol. The van der Waals surface area contributed by atoms with E-state index in [1.54, 1.807) is 0 Å². The van der Waals surface area contributed by atoms with Crippen LogP contribution in [0.15, 0.2) is 0 Å². The fraction of sp³-hybridized carbons (Fsp3) is 0.818. The highest BCUT2D eigenvalue weighted by molar-refractivity contribution is 5.75. The first-order valence-corrected chi connectivity index (χ1v) is 5.31. The highest BCUT2D eigenvalue weighted by Gasteiger charge is 2.62. The molecule has 15 heavy (non-hydrogen) atoms. The number of carbonyl (C=O) groups excluding carboxylic acids is 1. The number of carboxylic acid groups (broad SMARTS) is 1. The Bertz CT molecular complexity index is 325. The molecule has 1 saturated carbocycles. The molecule has 0 aromatic rings. The lowest BCUT2D eigenvalue weighted by atomic mass is 9.70. The number of hydrogen-bond acceptors (Lipinski definition) is 3. The Morgan fingerprint density at radius 2 is 2.27 bits per heavy atom. The number of fused-ring (bicyclic) bond motifs is 1. The minimum absolute atomic E-state index is 0.0615. The van der Waals surface area contributed by atoms with E-state index >= 15 is 0 Å². The molecule has 2 fully saturated rings. The molecule has 1 heterocycles. The zero-order valence-electron chi connectivity index (χ0n) is 9.08. The lowest BCUT2D eigenvalue weighted by molar-refractivity contribution is -0.148. The predicted molar refractivity (Wildman–Crippen MR) is 52.2 cm³/mol. The van der Waals surface area contributed by atoms with Gasteiger partial charge in [0.15, 0.2) is 0 Å². The summed E-state index contributed by atoms with van der Waals surface area (Å²) in [4.78, 5) is 22.1. The number of rotatable bonds is 2. The van der Waals surface area contributed by atoms with Crippen LogP contribution in [-0.4, -0.2) is 22.6 Å². The largest absolute Gasteiger partial charge is 0.481 e. The Kier molecular flexibility index (Phi) is 2.07. The fourth-order valence-electron chi connectivity index (χ4n) is 3.11. The quantitative estimate of drug-likeness (QED) is 0.706. The van der Waals surface area contributed by atoms with Crippen LogP contribution >= 0.6 is 0 Å². The van der Waals surface area contributed by atoms with Crippen LogP contribution < -0.4 is 0 Å². The first kappa shape index (κ1) is 10.5. The van der Waals surface area contributed by atoms with Crippen LogP contribution in [0.3, 0.4) is 0 Å². The molecule has 4 nitrogen and oxygen atoms in total. The van der Waals surface area contributed by atoms with Gasteiger partial charge in [-0.05, 0) is 25.7 Å². The maximum atomic E-state index is 11.3. The van der Waals surface area contributed by atoms with Crippen molar-refractivity contribution in [3.05, 3.63) is 0 Å². The number of ether oxygens (including phenoxy) is 1. The molecular formula is C11H16O4. The molecule has 0 radical (unpaired) electrons. The molecule has 1 saturated heterocycles. The Balaban J connectivity index is 2.25. The van der Waals surface area contributed by atoms with E-state index in [2.05, 4.69) is 0 Å². The van der Waals surface area contributed by atoms with Gasteiger partial charge in [-0.15, -0.1) is 0 Å². The van der Waals surface area contributed by atoms with E-state index in [0.717, 1.165) is 12.8 Å². The maximum absolute atomic E-state index is 11.3. The molecule has 0 spiro atoms. The van der Waals surface area contributed by atoms with Crippen molar-refractivity contribution in [2.45, 2.75) is 45.1 Å². The summed E-state index contributed by atoms with van der Waals surface area (Å²) in [6, 6.07) is 0. The third kappa shape index (κ3) is 1.34. The average Bonchev–Trinajstić information content (AvgIpc) is 2.42. The predicted octanol–water partition coefficient (Wildman–Crippen LogP) is 1.58. The molecule has 0 amide bonds. The van der Waals surface area contributed by atoms with Crippen LogP contribution in [0.1, 0.15) is 39.5 Å². The van der Waals surface area contributed by atoms with E-state index in [-0.39, 0.29) is 23.7 Å². The van der Waals surface area contributed by atoms with E-state index in [0.29, 0.717) is 6.42 Å². The van der Waals surface area contributed by atoms with Gasteiger partial charge in [0.05, 0.1) is 6.42 Å². The van der Waals surface area contributed by atoms with Crippen LogP contribution in [0.25, 0.3) is 0 Å². The normalized spacial score (nSPS) is 43.9. The van der Waals surface area contributed by atoms with Crippen molar-refractivity contribution in [2.75, 3.05) is 0 Å². The van der Waals surface area contributed by atoms with Gasteiger partial charge in [0.2, 0.25) is 0 Å². The molecule has 0 aromatic carbocycles. The Hall–Kier alpha value is -1.06. The van der Waals surface area contributed by atoms with Gasteiger partial charge in [-0.25, -0.2) is 0 Å². The van der Waals surface area contributed by atoms with Crippen molar-refractivity contribution >= 4 is 11.9 Å². The molecule has 0 bridgehead atoms. The van der Waals surface area contributed by atoms with Crippen molar-refractivity contribution in [2.24, 2.45) is 11.3 Å². The molecule has 1 aliphatic heterocycles. The first-order chi connectivity index (χ1) is 6.87. The van der Waals surface area contributed by atoms with E-state index < -0.39 is 11.6 Å². The molecule has 1 aliphatic carbocycles. The topological polar surface area (TPSA) is 63.6 Å². The molecule has 0 unspecified atom stereocenters. The van der Waals surface area contributed by atoms with Gasteiger partial charge in [0.25, 0.3) is 0 Å². The average molecular weight is 212 g/mol. The number of aliphatic carboxylic acids is 1. The third-order valence-electron chi connectivity index (χ3n) is 4.35. The van der Waals surface area contributed by atoms with E-state index in [9.17, 15) is 9.59 Å². The summed E-state index contributed by atoms with van der Waals surface area (Å²) in [5, 5.41) is 8.83. The summed E-state index contributed by atoms with van der Waals surface area (Å²) in [6.07, 6.45) is 2.13. The minimum atomic E-state index is -0.787. The van der Waals surface area contributed by atoms with Gasteiger partial charge in [-0.2, -0.15) is 0 Å². The fourth-order valence-corrected chi connectivity index (χ4v) is 3.11. The lowest BCUT2D eigenvalue weighted by Gasteiger charge is -2.35. The zero-order valence-corrected chi connectivity index (χ0v) is 9.08. The number of carboxylic acids is 1. The van der Waals surface area contributed by atoms with Crippen molar-refractivity contribution < 1.29 is 19.4 Å². The second-order valence-corrected chi connectivity index (χ2v) is 5.13. The van der Waals surface area contributed by atoms with Crippen LogP contribution in [0.5, 0.6) is 0 Å². The van der Waals surface area contributed by atoms with Crippen molar-refractivity contribution in [3.8, 4) is 0 Å². The smallest absolute Gasteiger partial charge is 0.307 e. The number of esters is 1. The van der Waals surface area contributed by atoms with Crippen molar-refractivity contribution in [3.63, 3.8) is 0 Å². The second kappa shape index (κ2) is 2.97. The van der Waals surface area contributed by atoms with Crippen molar-refractivity contribution in [1.82, 2.24) is 0 Å². The summed E-state index contributed by atoms with van der Waals surface area (Å²) in [5.74, 6) is -0.911. The molecule has 2 aliphatic rings. The second-order valence-electron chi connectivity index (χ2n) is 5.13.